The highest BCUT2D eigenvalue weighted by molar-refractivity contribution is 5.83. The molecule has 3 atom stereocenters. The minimum Gasteiger partial charge on any atom is -0.472 e. The number of fused-ring (bicyclic) bond motifs is 1. The fourth-order valence-corrected chi connectivity index (χ4v) is 4.65. The molecular formula is C23H26F3N5O2. The molecule has 1 unspecified atom stereocenters. The Morgan fingerprint density at radius 2 is 1.85 bits per heavy atom. The topological polar surface area (TPSA) is 84.6 Å². The van der Waals surface area contributed by atoms with Crippen LogP contribution in [0.5, 0.6) is 5.88 Å². The van der Waals surface area contributed by atoms with Gasteiger partial charge in [-0.25, -0.2) is 4.98 Å². The molecule has 5 rings (SSSR count). The number of benzene rings is 1. The van der Waals surface area contributed by atoms with Gasteiger partial charge in [0.1, 0.15) is 12.1 Å². The van der Waals surface area contributed by atoms with Crippen molar-refractivity contribution < 1.29 is 22.7 Å². The summed E-state index contributed by atoms with van der Waals surface area (Å²) in [5.41, 5.74) is 6.74. The number of carbonyl (C=O) groups is 1. The van der Waals surface area contributed by atoms with Crippen molar-refractivity contribution in [1.82, 2.24) is 19.8 Å². The van der Waals surface area contributed by atoms with E-state index in [1.165, 1.54) is 25.0 Å². The summed E-state index contributed by atoms with van der Waals surface area (Å²) in [5, 5.41) is 0. The molecule has 1 aliphatic carbocycles. The molecule has 2 aromatic rings. The maximum Gasteiger partial charge on any atom is 0.416 e. The Bertz CT molecular complexity index is 995. The molecule has 1 amide bonds. The van der Waals surface area contributed by atoms with Gasteiger partial charge in [0.25, 0.3) is 0 Å². The molecule has 176 valence electrons. The highest BCUT2D eigenvalue weighted by Gasteiger charge is 2.40. The number of carbonyl (C=O) groups excluding carboxylic acids is 1. The normalized spacial score (nSPS) is 24.4. The smallest absolute Gasteiger partial charge is 0.416 e. The summed E-state index contributed by atoms with van der Waals surface area (Å²) in [5.74, 6) is 0.784. The Kier molecular flexibility index (Phi) is 5.74. The van der Waals surface area contributed by atoms with Crippen LogP contribution in [0.4, 0.5) is 13.2 Å². The second kappa shape index (κ2) is 8.57. The first kappa shape index (κ1) is 22.1. The number of piperazine rings is 1. The average Bonchev–Trinajstić information content (AvgIpc) is 3.57. The molecule has 7 nitrogen and oxygen atoms in total. The third kappa shape index (κ3) is 4.81. The zero-order chi connectivity index (χ0) is 23.2. The number of halogens is 3. The molecule has 1 aromatic heterocycles. The van der Waals surface area contributed by atoms with E-state index in [1.54, 1.807) is 17.3 Å². The van der Waals surface area contributed by atoms with Gasteiger partial charge in [0, 0.05) is 44.6 Å². The van der Waals surface area contributed by atoms with E-state index in [0.717, 1.165) is 30.8 Å². The molecule has 0 spiro atoms. The molecule has 33 heavy (non-hydrogen) atoms. The van der Waals surface area contributed by atoms with E-state index in [-0.39, 0.29) is 18.1 Å². The number of alkyl halides is 3. The van der Waals surface area contributed by atoms with Gasteiger partial charge in [-0.05, 0) is 30.5 Å². The highest BCUT2D eigenvalue weighted by atomic mass is 19.4. The number of hydrogen-bond donors (Lipinski definition) is 1. The number of aromatic nitrogens is 2. The number of nitrogens with zero attached hydrogens (tertiary/aromatic N) is 4. The van der Waals surface area contributed by atoms with E-state index in [4.69, 9.17) is 10.5 Å². The summed E-state index contributed by atoms with van der Waals surface area (Å²) in [7, 11) is 0. The largest absolute Gasteiger partial charge is 0.472 e. The SMILES string of the molecule is NC(C(=O)N1CCN2C[C@H](Oc3cnc(C4CC4)cn3)C[C@H]2C1)c1ccc(C(F)(F)F)cc1. The number of hydrogen-bond acceptors (Lipinski definition) is 6. The van der Waals surface area contributed by atoms with E-state index < -0.39 is 17.8 Å². The van der Waals surface area contributed by atoms with Gasteiger partial charge in [-0.1, -0.05) is 12.1 Å². The second-order valence-corrected chi connectivity index (χ2v) is 9.06. The van der Waals surface area contributed by atoms with Gasteiger partial charge in [-0.2, -0.15) is 13.2 Å². The summed E-state index contributed by atoms with van der Waals surface area (Å²) < 4.78 is 44.4. The second-order valence-electron chi connectivity index (χ2n) is 9.06. The van der Waals surface area contributed by atoms with Crippen molar-refractivity contribution >= 4 is 5.91 Å². The molecule has 1 aromatic carbocycles. The minimum atomic E-state index is -4.42. The number of ether oxygens (including phenoxy) is 1. The highest BCUT2D eigenvalue weighted by Crippen LogP contribution is 2.38. The molecule has 10 heteroatoms. The Hall–Kier alpha value is -2.72. The summed E-state index contributed by atoms with van der Waals surface area (Å²) in [4.78, 5) is 25.8. The molecule has 2 aliphatic heterocycles. The minimum absolute atomic E-state index is 0.0327. The van der Waals surface area contributed by atoms with Crippen LogP contribution < -0.4 is 10.5 Å². The van der Waals surface area contributed by atoms with Gasteiger partial charge in [0.2, 0.25) is 11.8 Å². The first-order chi connectivity index (χ1) is 15.8. The predicted octanol–water partition coefficient (Wildman–Crippen LogP) is 2.74. The van der Waals surface area contributed by atoms with Gasteiger partial charge in [0.05, 0.1) is 23.7 Å². The molecule has 3 heterocycles. The molecule has 0 radical (unpaired) electrons. The van der Waals surface area contributed by atoms with Gasteiger partial charge in [-0.15, -0.1) is 0 Å². The fraction of sp³-hybridized carbons (Fsp3) is 0.522. The van der Waals surface area contributed by atoms with Crippen molar-refractivity contribution in [3.05, 3.63) is 53.5 Å². The van der Waals surface area contributed by atoms with Crippen LogP contribution in [0.3, 0.4) is 0 Å². The van der Waals surface area contributed by atoms with Crippen LogP contribution in [0.15, 0.2) is 36.7 Å². The maximum absolute atomic E-state index is 12.9. The standard InChI is InChI=1S/C23H26F3N5O2/c24-23(25,26)16-5-3-15(4-6-16)21(27)22(32)31-8-7-30-13-18(9-17(30)12-31)33-20-11-28-19(10-29-20)14-1-2-14/h3-6,10-11,14,17-18,21H,1-2,7-9,12-13,27H2/t17-,18+,21?/m0/s1. The molecule has 3 fully saturated rings. The summed E-state index contributed by atoms with van der Waals surface area (Å²) >= 11 is 0. The molecule has 2 saturated heterocycles. The lowest BCUT2D eigenvalue weighted by Crippen LogP contribution is -2.53. The molecule has 3 aliphatic rings. The third-order valence-corrected chi connectivity index (χ3v) is 6.68. The average molecular weight is 461 g/mol. The number of amides is 1. The van der Waals surface area contributed by atoms with Crippen LogP contribution in [0, 0.1) is 0 Å². The van der Waals surface area contributed by atoms with Crippen molar-refractivity contribution in [2.45, 2.75) is 49.5 Å². The predicted molar refractivity (Wildman–Crippen MR) is 113 cm³/mol. The fourth-order valence-electron chi connectivity index (χ4n) is 4.65. The van der Waals surface area contributed by atoms with Crippen molar-refractivity contribution in [2.24, 2.45) is 5.73 Å². The van der Waals surface area contributed by atoms with Gasteiger partial charge >= 0.3 is 6.18 Å². The van der Waals surface area contributed by atoms with Crippen molar-refractivity contribution in [2.75, 3.05) is 26.2 Å². The lowest BCUT2D eigenvalue weighted by Gasteiger charge is -2.38. The molecule has 1 saturated carbocycles. The van der Waals surface area contributed by atoms with Gasteiger partial charge in [-0.3, -0.25) is 14.7 Å². The monoisotopic (exact) mass is 461 g/mol. The van der Waals surface area contributed by atoms with E-state index in [9.17, 15) is 18.0 Å². The van der Waals surface area contributed by atoms with E-state index in [2.05, 4.69) is 14.9 Å². The first-order valence-electron chi connectivity index (χ1n) is 11.2. The van der Waals surface area contributed by atoms with Crippen molar-refractivity contribution in [3.63, 3.8) is 0 Å². The Balaban J connectivity index is 1.16. The lowest BCUT2D eigenvalue weighted by molar-refractivity contribution is -0.137. The molecule has 0 bridgehead atoms. The maximum atomic E-state index is 12.9. The van der Waals surface area contributed by atoms with Crippen LogP contribution >= 0.6 is 0 Å². The van der Waals surface area contributed by atoms with Crippen LogP contribution in [0.25, 0.3) is 0 Å². The zero-order valence-corrected chi connectivity index (χ0v) is 18.0. The third-order valence-electron chi connectivity index (χ3n) is 6.68. The molecular weight excluding hydrogens is 435 g/mol. The number of nitrogens with two attached hydrogens (primary N) is 1. The number of rotatable bonds is 5. The van der Waals surface area contributed by atoms with Crippen LogP contribution in [-0.2, 0) is 11.0 Å². The van der Waals surface area contributed by atoms with E-state index in [1.807, 2.05) is 0 Å². The molecule has 2 N–H and O–H groups in total. The Morgan fingerprint density at radius 1 is 1.09 bits per heavy atom. The summed E-state index contributed by atoms with van der Waals surface area (Å²) in [6.45, 7) is 2.48. The van der Waals surface area contributed by atoms with Crippen LogP contribution in [0.2, 0.25) is 0 Å². The van der Waals surface area contributed by atoms with Crippen molar-refractivity contribution in [3.8, 4) is 5.88 Å². The zero-order valence-electron chi connectivity index (χ0n) is 18.0. The van der Waals surface area contributed by atoms with Crippen LogP contribution in [0.1, 0.15) is 48.0 Å². The summed E-state index contributed by atoms with van der Waals surface area (Å²) in [6.07, 6.45) is 2.12. The quantitative estimate of drug-likeness (QED) is 0.737. The Morgan fingerprint density at radius 3 is 2.48 bits per heavy atom. The van der Waals surface area contributed by atoms with Crippen molar-refractivity contribution in [1.29, 1.82) is 0 Å². The van der Waals surface area contributed by atoms with Crippen LogP contribution in [-0.4, -0.2) is 64.0 Å². The van der Waals surface area contributed by atoms with E-state index >= 15 is 0 Å². The van der Waals surface area contributed by atoms with Gasteiger partial charge in [0.15, 0.2) is 0 Å². The lowest BCUT2D eigenvalue weighted by atomic mass is 10.0. The Labute approximate surface area is 189 Å². The van der Waals surface area contributed by atoms with Gasteiger partial charge < -0.3 is 15.4 Å². The van der Waals surface area contributed by atoms with E-state index in [0.29, 0.717) is 37.0 Å². The summed E-state index contributed by atoms with van der Waals surface area (Å²) in [6, 6.07) is 3.62. The first-order valence-corrected chi connectivity index (χ1v) is 11.2.